The molecule has 1 fully saturated rings. The van der Waals surface area contributed by atoms with Gasteiger partial charge in [0, 0.05) is 38.7 Å². The molecule has 29 heavy (non-hydrogen) atoms. The molecule has 0 atom stereocenters. The molecular formula is C23H32N4O2. The maximum atomic E-state index is 12.0. The van der Waals surface area contributed by atoms with Crippen LogP contribution >= 0.6 is 0 Å². The van der Waals surface area contributed by atoms with Crippen molar-refractivity contribution in [2.24, 2.45) is 4.99 Å². The molecule has 2 aromatic rings. The zero-order chi connectivity index (χ0) is 20.5. The van der Waals surface area contributed by atoms with Crippen LogP contribution in [0.2, 0.25) is 0 Å². The molecule has 1 aromatic heterocycles. The van der Waals surface area contributed by atoms with Crippen LogP contribution in [0, 0.1) is 0 Å². The minimum absolute atomic E-state index is 0.0132. The molecule has 1 aliphatic rings. The van der Waals surface area contributed by atoms with Gasteiger partial charge >= 0.3 is 0 Å². The average Bonchev–Trinajstić information content (AvgIpc) is 3.26. The summed E-state index contributed by atoms with van der Waals surface area (Å²) in [5, 5.41) is 7.04. The van der Waals surface area contributed by atoms with Crippen LogP contribution in [0.1, 0.15) is 53.8 Å². The quantitative estimate of drug-likeness (QED) is 0.554. The van der Waals surface area contributed by atoms with Gasteiger partial charge in [0.2, 0.25) is 0 Å². The van der Waals surface area contributed by atoms with Crippen LogP contribution in [0.4, 0.5) is 0 Å². The predicted octanol–water partition coefficient (Wildman–Crippen LogP) is 3.59. The van der Waals surface area contributed by atoms with Gasteiger partial charge in [0.05, 0.1) is 12.8 Å². The van der Waals surface area contributed by atoms with Crippen LogP contribution in [0.25, 0.3) is 0 Å². The van der Waals surface area contributed by atoms with Crippen LogP contribution in [0.15, 0.2) is 52.1 Å². The van der Waals surface area contributed by atoms with E-state index >= 15 is 0 Å². The minimum Gasteiger partial charge on any atom is -0.469 e. The largest absolute Gasteiger partial charge is 0.469 e. The van der Waals surface area contributed by atoms with Gasteiger partial charge in [-0.3, -0.25) is 4.79 Å². The van der Waals surface area contributed by atoms with E-state index in [-0.39, 0.29) is 5.91 Å². The van der Waals surface area contributed by atoms with Crippen LogP contribution in [-0.4, -0.2) is 43.4 Å². The van der Waals surface area contributed by atoms with Crippen LogP contribution < -0.4 is 10.6 Å². The molecule has 156 valence electrons. The summed E-state index contributed by atoms with van der Waals surface area (Å²) in [7, 11) is 3.52. The third kappa shape index (κ3) is 6.66. The second-order valence-corrected chi connectivity index (χ2v) is 7.80. The maximum absolute atomic E-state index is 12.0. The summed E-state index contributed by atoms with van der Waals surface area (Å²) < 4.78 is 5.41. The maximum Gasteiger partial charge on any atom is 0.253 e. The smallest absolute Gasteiger partial charge is 0.253 e. The van der Waals surface area contributed by atoms with Crippen molar-refractivity contribution in [2.75, 3.05) is 20.6 Å². The van der Waals surface area contributed by atoms with Gasteiger partial charge in [0.25, 0.3) is 5.91 Å². The van der Waals surface area contributed by atoms with E-state index in [1.807, 2.05) is 36.4 Å². The number of carbonyl (C=O) groups is 1. The lowest BCUT2D eigenvalue weighted by atomic mass is 9.96. The SMILES string of the molecule is CN(C)C(=O)c1ccc(CN=C(NCCc2ccco2)NC2CCCCC2)cc1. The highest BCUT2D eigenvalue weighted by Gasteiger charge is 2.14. The molecule has 0 unspecified atom stereocenters. The van der Waals surface area contributed by atoms with Crippen LogP contribution in [0.3, 0.4) is 0 Å². The van der Waals surface area contributed by atoms with Gasteiger partial charge in [-0.1, -0.05) is 31.4 Å². The molecule has 0 spiro atoms. The molecule has 0 aliphatic heterocycles. The Bertz CT molecular complexity index is 776. The molecule has 0 saturated heterocycles. The van der Waals surface area contributed by atoms with Gasteiger partial charge in [-0.2, -0.15) is 0 Å². The number of nitrogens with one attached hydrogen (secondary N) is 2. The first-order valence-electron chi connectivity index (χ1n) is 10.5. The van der Waals surface area contributed by atoms with E-state index in [1.54, 1.807) is 25.3 Å². The lowest BCUT2D eigenvalue weighted by molar-refractivity contribution is 0.0827. The Balaban J connectivity index is 1.60. The van der Waals surface area contributed by atoms with Crippen molar-refractivity contribution in [1.29, 1.82) is 0 Å². The van der Waals surface area contributed by atoms with Gasteiger partial charge < -0.3 is 20.0 Å². The number of guanidine groups is 1. The van der Waals surface area contributed by atoms with Crippen molar-refractivity contribution in [3.8, 4) is 0 Å². The van der Waals surface area contributed by atoms with Crippen molar-refractivity contribution in [1.82, 2.24) is 15.5 Å². The Hall–Kier alpha value is -2.76. The zero-order valence-electron chi connectivity index (χ0n) is 17.5. The second kappa shape index (κ2) is 10.7. The molecule has 0 bridgehead atoms. The van der Waals surface area contributed by atoms with Gasteiger partial charge in [-0.25, -0.2) is 4.99 Å². The zero-order valence-corrected chi connectivity index (χ0v) is 17.5. The van der Waals surface area contributed by atoms with E-state index in [1.165, 1.54) is 32.1 Å². The normalized spacial score (nSPS) is 15.2. The van der Waals surface area contributed by atoms with Gasteiger partial charge in [0.1, 0.15) is 5.76 Å². The number of hydrogen-bond acceptors (Lipinski definition) is 3. The molecule has 6 nitrogen and oxygen atoms in total. The van der Waals surface area contributed by atoms with Crippen molar-refractivity contribution in [3.05, 3.63) is 59.5 Å². The summed E-state index contributed by atoms with van der Waals surface area (Å²) in [6.07, 6.45) is 8.79. The topological polar surface area (TPSA) is 69.9 Å². The fourth-order valence-electron chi connectivity index (χ4n) is 3.53. The van der Waals surface area contributed by atoms with Crippen molar-refractivity contribution in [3.63, 3.8) is 0 Å². The molecule has 1 aromatic carbocycles. The van der Waals surface area contributed by atoms with E-state index in [0.29, 0.717) is 18.2 Å². The lowest BCUT2D eigenvalue weighted by Crippen LogP contribution is -2.44. The minimum atomic E-state index is 0.0132. The van der Waals surface area contributed by atoms with Crippen molar-refractivity contribution < 1.29 is 9.21 Å². The molecular weight excluding hydrogens is 364 g/mol. The summed E-state index contributed by atoms with van der Waals surface area (Å²) in [6, 6.07) is 12.1. The fourth-order valence-corrected chi connectivity index (χ4v) is 3.53. The van der Waals surface area contributed by atoms with E-state index < -0.39 is 0 Å². The van der Waals surface area contributed by atoms with Gasteiger partial charge in [-0.05, 0) is 42.7 Å². The molecule has 1 heterocycles. The summed E-state index contributed by atoms with van der Waals surface area (Å²) in [5.74, 6) is 1.83. The van der Waals surface area contributed by atoms with E-state index in [0.717, 1.165) is 30.2 Å². The number of aliphatic imine (C=N–C) groups is 1. The highest BCUT2D eigenvalue weighted by Crippen LogP contribution is 2.17. The number of nitrogens with zero attached hydrogens (tertiary/aromatic N) is 2. The Labute approximate surface area is 173 Å². The number of furan rings is 1. The van der Waals surface area contributed by atoms with Gasteiger partial charge in [-0.15, -0.1) is 0 Å². The van der Waals surface area contributed by atoms with E-state index in [4.69, 9.17) is 9.41 Å². The fraction of sp³-hybridized carbons (Fsp3) is 0.478. The number of benzene rings is 1. The predicted molar refractivity (Wildman–Crippen MR) is 116 cm³/mol. The third-order valence-electron chi connectivity index (χ3n) is 5.22. The first kappa shape index (κ1) is 21.0. The number of rotatable bonds is 7. The number of carbonyl (C=O) groups excluding carboxylic acids is 1. The Morgan fingerprint density at radius 3 is 2.55 bits per heavy atom. The first-order chi connectivity index (χ1) is 14.1. The van der Waals surface area contributed by atoms with E-state index in [9.17, 15) is 4.79 Å². The molecule has 0 radical (unpaired) electrons. The molecule has 6 heteroatoms. The molecule has 2 N–H and O–H groups in total. The standard InChI is InChI=1S/C23H32N4O2/c1-27(2)22(28)19-12-10-18(11-13-19)17-25-23(26-20-7-4-3-5-8-20)24-15-14-21-9-6-16-29-21/h6,9-13,16,20H,3-5,7-8,14-15,17H2,1-2H3,(H2,24,25,26). The summed E-state index contributed by atoms with van der Waals surface area (Å²) in [4.78, 5) is 18.4. The molecule has 1 aliphatic carbocycles. The van der Waals surface area contributed by atoms with Crippen LogP contribution in [-0.2, 0) is 13.0 Å². The first-order valence-corrected chi connectivity index (χ1v) is 10.5. The Kier molecular flexibility index (Phi) is 7.73. The molecule has 1 saturated carbocycles. The number of hydrogen-bond donors (Lipinski definition) is 2. The molecule has 3 rings (SSSR count). The summed E-state index contributed by atoms with van der Waals surface area (Å²) in [6.45, 7) is 1.33. The third-order valence-corrected chi connectivity index (χ3v) is 5.22. The monoisotopic (exact) mass is 396 g/mol. The highest BCUT2D eigenvalue weighted by atomic mass is 16.3. The highest BCUT2D eigenvalue weighted by molar-refractivity contribution is 5.93. The number of amides is 1. The Morgan fingerprint density at radius 1 is 1.14 bits per heavy atom. The summed E-state index contributed by atoms with van der Waals surface area (Å²) >= 11 is 0. The van der Waals surface area contributed by atoms with E-state index in [2.05, 4.69) is 10.6 Å². The second-order valence-electron chi connectivity index (χ2n) is 7.80. The Morgan fingerprint density at radius 2 is 1.90 bits per heavy atom. The van der Waals surface area contributed by atoms with Crippen molar-refractivity contribution in [2.45, 2.75) is 51.1 Å². The van der Waals surface area contributed by atoms with Crippen molar-refractivity contribution >= 4 is 11.9 Å². The average molecular weight is 397 g/mol. The summed E-state index contributed by atoms with van der Waals surface area (Å²) in [5.41, 5.74) is 1.77. The van der Waals surface area contributed by atoms with Gasteiger partial charge in [0.15, 0.2) is 5.96 Å². The van der Waals surface area contributed by atoms with Crippen LogP contribution in [0.5, 0.6) is 0 Å². The lowest BCUT2D eigenvalue weighted by Gasteiger charge is -2.25. The molecule has 1 amide bonds.